The van der Waals surface area contributed by atoms with Crippen molar-refractivity contribution in [2.45, 2.75) is 6.42 Å². The Morgan fingerprint density at radius 3 is 1.95 bits per heavy atom. The van der Waals surface area contributed by atoms with Crippen molar-refractivity contribution in [3.63, 3.8) is 0 Å². The first kappa shape index (κ1) is 14.4. The zero-order chi connectivity index (χ0) is 15.1. The second-order valence-corrected chi connectivity index (χ2v) is 4.19. The summed E-state index contributed by atoms with van der Waals surface area (Å²) < 4.78 is 0. The molecule has 1 aliphatic heterocycles. The summed E-state index contributed by atoms with van der Waals surface area (Å²) in [6, 6.07) is 16.5. The van der Waals surface area contributed by atoms with E-state index in [1.54, 1.807) is 18.1 Å². The van der Waals surface area contributed by atoms with Crippen molar-refractivity contribution < 1.29 is 14.7 Å². The fourth-order valence-corrected chi connectivity index (χ4v) is 1.72. The van der Waals surface area contributed by atoms with Crippen LogP contribution < -0.4 is 10.7 Å². The molecule has 5 nitrogen and oxygen atoms in total. The molecule has 2 aromatic rings. The molecular weight excluding hydrogens is 268 g/mol. The first-order valence-corrected chi connectivity index (χ1v) is 6.22. The van der Waals surface area contributed by atoms with Crippen molar-refractivity contribution in [2.24, 2.45) is 9.98 Å². The van der Waals surface area contributed by atoms with E-state index in [2.05, 4.69) is 9.98 Å². The summed E-state index contributed by atoms with van der Waals surface area (Å²) in [4.78, 5) is 28.1. The third-order valence-electron chi connectivity index (χ3n) is 2.62. The molecule has 3 rings (SSSR count). The molecule has 1 N–H and O–H groups in total. The molecule has 21 heavy (non-hydrogen) atoms. The summed E-state index contributed by atoms with van der Waals surface area (Å²) in [6.07, 6.45) is 0.112. The van der Waals surface area contributed by atoms with Crippen LogP contribution in [0.15, 0.2) is 70.4 Å². The number of carbonyl (C=O) groups is 1. The Morgan fingerprint density at radius 2 is 1.48 bits per heavy atom. The van der Waals surface area contributed by atoms with E-state index in [9.17, 15) is 9.59 Å². The normalized spacial score (nSPS) is 11.1. The molecule has 0 unspecified atom stereocenters. The van der Waals surface area contributed by atoms with E-state index in [1.165, 1.54) is 0 Å². The van der Waals surface area contributed by atoms with Gasteiger partial charge in [-0.1, -0.05) is 42.5 Å². The second-order valence-electron chi connectivity index (χ2n) is 4.19. The highest BCUT2D eigenvalue weighted by molar-refractivity contribution is 5.70. The topological polar surface area (TPSA) is 79.1 Å². The van der Waals surface area contributed by atoms with Crippen molar-refractivity contribution in [1.29, 1.82) is 0 Å². The summed E-state index contributed by atoms with van der Waals surface area (Å²) in [5, 5.41) is 9.85. The zero-order valence-corrected chi connectivity index (χ0v) is 11.1. The van der Waals surface area contributed by atoms with Gasteiger partial charge in [0, 0.05) is 0 Å². The first-order valence-electron chi connectivity index (χ1n) is 6.22. The molecule has 1 aliphatic rings. The summed E-state index contributed by atoms with van der Waals surface area (Å²) >= 11 is 0. The van der Waals surface area contributed by atoms with E-state index in [-0.39, 0.29) is 12.2 Å². The van der Waals surface area contributed by atoms with E-state index in [0.29, 0.717) is 0 Å². The van der Waals surface area contributed by atoms with Crippen LogP contribution in [0.5, 0.6) is 0 Å². The molecule has 0 bridgehead atoms. The molecule has 104 valence electrons. The SMILES string of the molecule is O=C(O)Cc1ccccc1.O=C=C1N=c2ccccc2=N1. The number of para-hydroxylation sites is 2. The number of benzene rings is 2. The predicted molar refractivity (Wildman–Crippen MR) is 75.7 cm³/mol. The molecule has 0 spiro atoms. The fraction of sp³-hybridized carbons (Fsp3) is 0.0625. The van der Waals surface area contributed by atoms with Gasteiger partial charge < -0.3 is 5.11 Å². The number of hydrogen-bond donors (Lipinski definition) is 1. The van der Waals surface area contributed by atoms with Gasteiger partial charge in [-0.25, -0.2) is 14.8 Å². The zero-order valence-electron chi connectivity index (χ0n) is 11.1. The van der Waals surface area contributed by atoms with Gasteiger partial charge in [-0.05, 0) is 17.7 Å². The van der Waals surface area contributed by atoms with Gasteiger partial charge in [-0.15, -0.1) is 0 Å². The van der Waals surface area contributed by atoms with Gasteiger partial charge in [0.15, 0.2) is 5.94 Å². The predicted octanol–water partition coefficient (Wildman–Crippen LogP) is 0.926. The monoisotopic (exact) mass is 280 g/mol. The summed E-state index contributed by atoms with van der Waals surface area (Å²) in [5.74, 6) is 0.989. The number of hydrogen-bond acceptors (Lipinski definition) is 4. The van der Waals surface area contributed by atoms with Gasteiger partial charge in [0.05, 0.1) is 17.1 Å². The highest BCUT2D eigenvalue weighted by Crippen LogP contribution is 1.98. The van der Waals surface area contributed by atoms with Crippen LogP contribution in [-0.2, 0) is 16.0 Å². The first-order chi connectivity index (χ1) is 10.2. The number of fused-ring (bicyclic) bond motifs is 1. The number of carbonyl (C=O) groups excluding carboxylic acids is 1. The molecule has 0 saturated carbocycles. The maximum Gasteiger partial charge on any atom is 0.307 e. The molecule has 0 radical (unpaired) electrons. The van der Waals surface area contributed by atoms with Gasteiger partial charge >= 0.3 is 5.97 Å². The Morgan fingerprint density at radius 1 is 0.952 bits per heavy atom. The van der Waals surface area contributed by atoms with Crippen molar-refractivity contribution in [1.82, 2.24) is 0 Å². The quantitative estimate of drug-likeness (QED) is 0.831. The largest absolute Gasteiger partial charge is 0.481 e. The van der Waals surface area contributed by atoms with Crippen molar-refractivity contribution in [2.75, 3.05) is 0 Å². The van der Waals surface area contributed by atoms with E-state index >= 15 is 0 Å². The minimum atomic E-state index is -0.786. The van der Waals surface area contributed by atoms with E-state index in [1.807, 2.05) is 42.5 Å². The van der Waals surface area contributed by atoms with Crippen molar-refractivity contribution in [3.8, 4) is 0 Å². The maximum absolute atomic E-state index is 10.2. The third kappa shape index (κ3) is 4.23. The minimum absolute atomic E-state index is 0.112. The molecule has 0 saturated heterocycles. The van der Waals surface area contributed by atoms with E-state index in [0.717, 1.165) is 16.3 Å². The van der Waals surface area contributed by atoms with Gasteiger partial charge in [0.1, 0.15) is 0 Å². The van der Waals surface area contributed by atoms with Gasteiger partial charge in [-0.2, -0.15) is 0 Å². The average Bonchev–Trinajstić information content (AvgIpc) is 2.91. The van der Waals surface area contributed by atoms with Crippen LogP contribution in [0.25, 0.3) is 0 Å². The maximum atomic E-state index is 10.2. The number of aliphatic carboxylic acids is 1. The molecular formula is C16H12N2O3. The van der Waals surface area contributed by atoms with Gasteiger partial charge in [0.25, 0.3) is 0 Å². The highest BCUT2D eigenvalue weighted by atomic mass is 16.4. The Labute approximate surface area is 120 Å². The summed E-state index contributed by atoms with van der Waals surface area (Å²) in [7, 11) is 0. The van der Waals surface area contributed by atoms with Crippen molar-refractivity contribution in [3.05, 3.63) is 76.7 Å². The summed E-state index contributed by atoms with van der Waals surface area (Å²) in [6.45, 7) is 0. The number of carboxylic acid groups (broad SMARTS) is 1. The molecule has 0 aliphatic carbocycles. The molecule has 0 amide bonds. The Hall–Kier alpha value is -3.04. The smallest absolute Gasteiger partial charge is 0.307 e. The lowest BCUT2D eigenvalue weighted by molar-refractivity contribution is -0.136. The Balaban J connectivity index is 0.000000155. The van der Waals surface area contributed by atoms with Crippen LogP contribution in [0.1, 0.15) is 5.56 Å². The average molecular weight is 280 g/mol. The summed E-state index contributed by atoms with van der Waals surface area (Å²) in [5.41, 5.74) is 0.843. The Bertz CT molecular complexity index is 770. The van der Waals surface area contributed by atoms with E-state index in [4.69, 9.17) is 5.11 Å². The molecule has 5 heteroatoms. The standard InChI is InChI=1S/C8H4N2O.C8H8O2/c11-5-8-9-6-3-1-2-4-7(6)10-8;9-8(10)6-7-4-2-1-3-5-7/h1-4H;1-5H,6H2,(H,9,10). The van der Waals surface area contributed by atoms with E-state index < -0.39 is 5.97 Å². The van der Waals surface area contributed by atoms with Crippen LogP contribution in [-0.4, -0.2) is 17.0 Å². The molecule has 1 heterocycles. The van der Waals surface area contributed by atoms with Crippen molar-refractivity contribution >= 4 is 11.9 Å². The lowest BCUT2D eigenvalue weighted by Gasteiger charge is -1.92. The third-order valence-corrected chi connectivity index (χ3v) is 2.62. The molecule has 0 fully saturated rings. The minimum Gasteiger partial charge on any atom is -0.481 e. The van der Waals surface area contributed by atoms with Crippen LogP contribution in [0.4, 0.5) is 0 Å². The van der Waals surface area contributed by atoms with Crippen LogP contribution in [0.3, 0.4) is 0 Å². The van der Waals surface area contributed by atoms with Crippen LogP contribution in [0.2, 0.25) is 0 Å². The second kappa shape index (κ2) is 6.93. The molecule has 2 aromatic carbocycles. The lowest BCUT2D eigenvalue weighted by atomic mass is 10.2. The van der Waals surface area contributed by atoms with Crippen LogP contribution >= 0.6 is 0 Å². The van der Waals surface area contributed by atoms with Gasteiger partial charge in [0.2, 0.25) is 5.82 Å². The molecule has 0 aromatic heterocycles. The molecule has 0 atom stereocenters. The highest BCUT2D eigenvalue weighted by Gasteiger charge is 1.99. The Kier molecular flexibility index (Phi) is 4.75. The number of carboxylic acids is 1. The van der Waals surface area contributed by atoms with Gasteiger partial charge in [-0.3, -0.25) is 4.79 Å². The number of rotatable bonds is 2. The fourth-order valence-electron chi connectivity index (χ4n) is 1.72. The lowest BCUT2D eigenvalue weighted by Crippen LogP contribution is -2.19. The number of nitrogens with zero attached hydrogens (tertiary/aromatic N) is 2. The van der Waals surface area contributed by atoms with Crippen LogP contribution in [0, 0.1) is 0 Å².